The lowest BCUT2D eigenvalue weighted by Crippen LogP contribution is -2.29. The number of nitrogen functional groups attached to an aromatic ring is 1. The van der Waals surface area contributed by atoms with E-state index in [0.29, 0.717) is 11.3 Å². The topological polar surface area (TPSA) is 89.3 Å². The summed E-state index contributed by atoms with van der Waals surface area (Å²) < 4.78 is 22.4. The van der Waals surface area contributed by atoms with Crippen LogP contribution < -0.4 is 11.1 Å². The minimum atomic E-state index is -3.04. The Morgan fingerprint density at radius 1 is 1.41 bits per heavy atom. The van der Waals surface area contributed by atoms with Crippen molar-refractivity contribution in [1.82, 2.24) is 5.32 Å². The van der Waals surface area contributed by atoms with Crippen LogP contribution in [0.15, 0.2) is 24.3 Å². The maximum atomic E-state index is 11.6. The first-order chi connectivity index (χ1) is 7.94. The zero-order valence-corrected chi connectivity index (χ0v) is 10.5. The van der Waals surface area contributed by atoms with E-state index in [0.717, 1.165) is 0 Å². The van der Waals surface area contributed by atoms with Gasteiger partial charge >= 0.3 is 0 Å². The van der Waals surface area contributed by atoms with Crippen molar-refractivity contribution in [1.29, 1.82) is 0 Å². The van der Waals surface area contributed by atoms with Gasteiger partial charge < -0.3 is 11.1 Å². The van der Waals surface area contributed by atoms with Gasteiger partial charge in [-0.05, 0) is 18.2 Å². The van der Waals surface area contributed by atoms with Crippen molar-refractivity contribution in [3.05, 3.63) is 29.8 Å². The Morgan fingerprint density at radius 3 is 2.71 bits per heavy atom. The van der Waals surface area contributed by atoms with Crippen LogP contribution in [0.1, 0.15) is 17.3 Å². The van der Waals surface area contributed by atoms with E-state index in [2.05, 4.69) is 5.32 Å². The molecule has 17 heavy (non-hydrogen) atoms. The lowest BCUT2D eigenvalue weighted by molar-refractivity contribution is 0.0956. The Bertz CT molecular complexity index is 497. The van der Waals surface area contributed by atoms with E-state index in [1.807, 2.05) is 0 Å². The van der Waals surface area contributed by atoms with Crippen LogP contribution in [-0.4, -0.2) is 32.4 Å². The standard InChI is InChI=1S/C11H16N2O3S/c1-2-17(15,16)7-6-13-11(14)9-4-3-5-10(12)8-9/h3-5,8H,2,6-7,12H2,1H3,(H,13,14). The fourth-order valence-corrected chi connectivity index (χ4v) is 1.95. The molecule has 3 N–H and O–H groups in total. The van der Waals surface area contributed by atoms with Gasteiger partial charge in [-0.2, -0.15) is 0 Å². The summed E-state index contributed by atoms with van der Waals surface area (Å²) in [5.74, 6) is -0.276. The Kier molecular flexibility index (Phi) is 4.51. The van der Waals surface area contributed by atoms with Gasteiger partial charge in [0.05, 0.1) is 5.75 Å². The zero-order valence-electron chi connectivity index (χ0n) is 9.64. The molecule has 0 radical (unpaired) electrons. The monoisotopic (exact) mass is 256 g/mol. The molecule has 0 bridgehead atoms. The van der Waals surface area contributed by atoms with Gasteiger partial charge in [-0.15, -0.1) is 0 Å². The number of amides is 1. The van der Waals surface area contributed by atoms with E-state index in [1.54, 1.807) is 31.2 Å². The third-order valence-electron chi connectivity index (χ3n) is 2.29. The average Bonchev–Trinajstić information content (AvgIpc) is 2.28. The Morgan fingerprint density at radius 2 is 2.12 bits per heavy atom. The summed E-state index contributed by atoms with van der Waals surface area (Å²) in [5.41, 5.74) is 6.47. The highest BCUT2D eigenvalue weighted by atomic mass is 32.2. The second-order valence-electron chi connectivity index (χ2n) is 3.62. The van der Waals surface area contributed by atoms with Crippen molar-refractivity contribution < 1.29 is 13.2 Å². The normalized spacial score (nSPS) is 11.1. The molecule has 1 aromatic rings. The Hall–Kier alpha value is -1.56. The van der Waals surface area contributed by atoms with Crippen LogP contribution in [0.4, 0.5) is 5.69 Å². The Balaban J connectivity index is 2.51. The minimum absolute atomic E-state index is 0.0441. The van der Waals surface area contributed by atoms with Crippen LogP contribution in [0.5, 0.6) is 0 Å². The quantitative estimate of drug-likeness (QED) is 0.748. The van der Waals surface area contributed by atoms with Crippen LogP contribution in [-0.2, 0) is 9.84 Å². The number of anilines is 1. The predicted octanol–water partition coefficient (Wildman–Crippen LogP) is 0.433. The van der Waals surface area contributed by atoms with E-state index >= 15 is 0 Å². The molecule has 0 aliphatic heterocycles. The maximum absolute atomic E-state index is 11.6. The number of sulfone groups is 1. The summed E-state index contributed by atoms with van der Waals surface area (Å²) in [4.78, 5) is 11.6. The Labute approximate surface area is 101 Å². The van der Waals surface area contributed by atoms with Gasteiger partial charge in [-0.25, -0.2) is 8.42 Å². The fourth-order valence-electron chi connectivity index (χ4n) is 1.25. The lowest BCUT2D eigenvalue weighted by atomic mass is 10.2. The SMILES string of the molecule is CCS(=O)(=O)CCNC(=O)c1cccc(N)c1. The van der Waals surface area contributed by atoms with Gasteiger partial charge in [-0.3, -0.25) is 4.79 Å². The molecule has 0 fully saturated rings. The maximum Gasteiger partial charge on any atom is 0.251 e. The van der Waals surface area contributed by atoms with Crippen molar-refractivity contribution in [2.75, 3.05) is 23.8 Å². The fraction of sp³-hybridized carbons (Fsp3) is 0.364. The van der Waals surface area contributed by atoms with Crippen molar-refractivity contribution in [3.63, 3.8) is 0 Å². The number of hydrogen-bond donors (Lipinski definition) is 2. The summed E-state index contributed by atoms with van der Waals surface area (Å²) in [6.45, 7) is 1.69. The first-order valence-electron chi connectivity index (χ1n) is 5.29. The largest absolute Gasteiger partial charge is 0.399 e. The van der Waals surface area contributed by atoms with E-state index in [1.165, 1.54) is 0 Å². The minimum Gasteiger partial charge on any atom is -0.399 e. The summed E-state index contributed by atoms with van der Waals surface area (Å²) in [6.07, 6.45) is 0. The highest BCUT2D eigenvalue weighted by Gasteiger charge is 2.09. The first-order valence-corrected chi connectivity index (χ1v) is 7.11. The van der Waals surface area contributed by atoms with Crippen molar-refractivity contribution in [2.45, 2.75) is 6.92 Å². The molecule has 1 aromatic carbocycles. The second kappa shape index (κ2) is 5.67. The second-order valence-corrected chi connectivity index (χ2v) is 6.09. The number of benzene rings is 1. The van der Waals surface area contributed by atoms with Gasteiger partial charge in [0, 0.05) is 23.5 Å². The van der Waals surface area contributed by atoms with Crippen LogP contribution in [0.2, 0.25) is 0 Å². The highest BCUT2D eigenvalue weighted by Crippen LogP contribution is 2.05. The third-order valence-corrected chi connectivity index (χ3v) is 3.99. The molecule has 94 valence electrons. The summed E-state index contributed by atoms with van der Waals surface area (Å²) in [6, 6.07) is 6.52. The molecule has 0 spiro atoms. The smallest absolute Gasteiger partial charge is 0.251 e. The lowest BCUT2D eigenvalue weighted by Gasteiger charge is -2.05. The van der Waals surface area contributed by atoms with Gasteiger partial charge in [0.15, 0.2) is 9.84 Å². The molecular weight excluding hydrogens is 240 g/mol. The summed E-state index contributed by atoms with van der Waals surface area (Å²) >= 11 is 0. The van der Waals surface area contributed by atoms with Gasteiger partial charge in [0.2, 0.25) is 0 Å². The molecule has 0 saturated heterocycles. The number of nitrogens with one attached hydrogen (secondary N) is 1. The summed E-state index contributed by atoms with van der Waals surface area (Å²) in [5, 5.41) is 2.54. The van der Waals surface area contributed by atoms with E-state index in [9.17, 15) is 13.2 Å². The molecule has 0 saturated carbocycles. The summed E-state index contributed by atoms with van der Waals surface area (Å²) in [7, 11) is -3.04. The molecule has 0 unspecified atom stereocenters. The molecule has 0 aliphatic rings. The van der Waals surface area contributed by atoms with Crippen LogP contribution in [0, 0.1) is 0 Å². The molecule has 0 heterocycles. The van der Waals surface area contributed by atoms with Gasteiger partial charge in [0.25, 0.3) is 5.91 Å². The van der Waals surface area contributed by atoms with E-state index in [4.69, 9.17) is 5.73 Å². The molecule has 0 aliphatic carbocycles. The number of rotatable bonds is 5. The molecule has 1 rings (SSSR count). The van der Waals surface area contributed by atoms with Crippen molar-refractivity contribution in [2.24, 2.45) is 0 Å². The van der Waals surface area contributed by atoms with Crippen LogP contribution >= 0.6 is 0 Å². The molecule has 1 amide bonds. The molecular formula is C11H16N2O3S. The average molecular weight is 256 g/mol. The van der Waals surface area contributed by atoms with Crippen LogP contribution in [0.25, 0.3) is 0 Å². The van der Waals surface area contributed by atoms with E-state index < -0.39 is 9.84 Å². The van der Waals surface area contributed by atoms with Crippen LogP contribution in [0.3, 0.4) is 0 Å². The molecule has 0 aromatic heterocycles. The number of hydrogen-bond acceptors (Lipinski definition) is 4. The number of carbonyl (C=O) groups is 1. The highest BCUT2D eigenvalue weighted by molar-refractivity contribution is 7.91. The third kappa shape index (κ3) is 4.44. The molecule has 0 atom stereocenters. The predicted molar refractivity (Wildman–Crippen MR) is 67.5 cm³/mol. The van der Waals surface area contributed by atoms with Gasteiger partial charge in [-0.1, -0.05) is 13.0 Å². The number of carbonyl (C=O) groups excluding carboxylic acids is 1. The molecule has 5 nitrogen and oxygen atoms in total. The first kappa shape index (κ1) is 13.5. The van der Waals surface area contributed by atoms with Gasteiger partial charge in [0.1, 0.15) is 0 Å². The van der Waals surface area contributed by atoms with E-state index in [-0.39, 0.29) is 24.0 Å². The number of nitrogens with two attached hydrogens (primary N) is 1. The van der Waals surface area contributed by atoms with Crippen molar-refractivity contribution in [3.8, 4) is 0 Å². The zero-order chi connectivity index (χ0) is 12.9. The van der Waals surface area contributed by atoms with Crippen molar-refractivity contribution >= 4 is 21.4 Å². The molecule has 6 heteroatoms.